The first-order valence-corrected chi connectivity index (χ1v) is 7.49. The van der Waals surface area contributed by atoms with Crippen LogP contribution in [0.25, 0.3) is 11.0 Å². The van der Waals surface area contributed by atoms with Crippen LogP contribution in [0.3, 0.4) is 0 Å². The lowest BCUT2D eigenvalue weighted by Gasteiger charge is -2.07. The fraction of sp³-hybridized carbons (Fsp3) is 0.375. The number of hydrogen-bond donors (Lipinski definition) is 3. The van der Waals surface area contributed by atoms with Crippen molar-refractivity contribution >= 4 is 22.9 Å². The van der Waals surface area contributed by atoms with Crippen LogP contribution in [0.4, 0.5) is 0 Å². The van der Waals surface area contributed by atoms with E-state index < -0.39 is 23.4 Å². The molecule has 0 aliphatic heterocycles. The van der Waals surface area contributed by atoms with Gasteiger partial charge >= 0.3 is 5.97 Å². The van der Waals surface area contributed by atoms with E-state index in [-0.39, 0.29) is 5.69 Å². The number of H-pyrrole nitrogens is 1. The molecule has 0 bridgehead atoms. The lowest BCUT2D eigenvalue weighted by molar-refractivity contribution is -0.141. The number of carbonyl (C=O) groups is 2. The van der Waals surface area contributed by atoms with Gasteiger partial charge in [0.25, 0.3) is 11.5 Å². The van der Waals surface area contributed by atoms with Crippen LogP contribution in [0.15, 0.2) is 29.1 Å². The maximum absolute atomic E-state index is 12.0. The normalized spacial score (nSPS) is 12.0. The molecule has 3 N–H and O–H groups in total. The van der Waals surface area contributed by atoms with Crippen molar-refractivity contribution in [2.24, 2.45) is 5.92 Å². The average molecular weight is 317 g/mol. The Balaban J connectivity index is 1.90. The highest BCUT2D eigenvalue weighted by Crippen LogP contribution is 2.08. The third-order valence-electron chi connectivity index (χ3n) is 3.59. The van der Waals surface area contributed by atoms with Crippen molar-refractivity contribution in [2.75, 3.05) is 6.54 Å². The number of fused-ring (bicyclic) bond motifs is 1. The quantitative estimate of drug-likeness (QED) is 0.671. The number of carbonyl (C=O) groups excluding carboxylic acids is 1. The molecule has 0 saturated carbocycles. The lowest BCUT2D eigenvalue weighted by Crippen LogP contribution is -2.31. The number of benzene rings is 1. The number of rotatable bonds is 7. The lowest BCUT2D eigenvalue weighted by atomic mass is 10.0. The van der Waals surface area contributed by atoms with Gasteiger partial charge in [0.1, 0.15) is 0 Å². The van der Waals surface area contributed by atoms with Gasteiger partial charge in [-0.05, 0) is 25.0 Å². The Hall–Kier alpha value is -2.70. The van der Waals surface area contributed by atoms with Crippen molar-refractivity contribution < 1.29 is 14.7 Å². The number of nitrogens with one attached hydrogen (secondary N) is 2. The van der Waals surface area contributed by atoms with E-state index in [0.717, 1.165) is 0 Å². The minimum absolute atomic E-state index is 0.164. The van der Waals surface area contributed by atoms with E-state index in [1.54, 1.807) is 31.2 Å². The molecule has 2 rings (SSSR count). The summed E-state index contributed by atoms with van der Waals surface area (Å²) in [5, 5.41) is 11.4. The summed E-state index contributed by atoms with van der Waals surface area (Å²) in [5.41, 5.74) is 0.438. The van der Waals surface area contributed by atoms with Crippen molar-refractivity contribution in [3.63, 3.8) is 0 Å². The Labute approximate surface area is 132 Å². The number of carboxylic acid groups (broad SMARTS) is 1. The van der Waals surface area contributed by atoms with Gasteiger partial charge in [-0.1, -0.05) is 25.5 Å². The summed E-state index contributed by atoms with van der Waals surface area (Å²) in [6.45, 7) is 2.03. The van der Waals surface area contributed by atoms with Crippen LogP contribution in [0.5, 0.6) is 0 Å². The van der Waals surface area contributed by atoms with Crippen molar-refractivity contribution in [2.45, 2.75) is 26.2 Å². The predicted octanol–water partition coefficient (Wildman–Crippen LogP) is 1.54. The number of para-hydroxylation sites is 2. The Morgan fingerprint density at radius 2 is 2.04 bits per heavy atom. The van der Waals surface area contributed by atoms with E-state index in [4.69, 9.17) is 5.11 Å². The molecule has 0 fully saturated rings. The second-order valence-electron chi connectivity index (χ2n) is 5.42. The maximum Gasteiger partial charge on any atom is 0.306 e. The average Bonchev–Trinajstić information content (AvgIpc) is 2.53. The third-order valence-corrected chi connectivity index (χ3v) is 3.59. The van der Waals surface area contributed by atoms with Crippen LogP contribution in [0, 0.1) is 5.92 Å². The van der Waals surface area contributed by atoms with E-state index in [0.29, 0.717) is 36.8 Å². The second kappa shape index (κ2) is 7.53. The summed E-state index contributed by atoms with van der Waals surface area (Å²) < 4.78 is 0. The number of hydrogen-bond acceptors (Lipinski definition) is 4. The van der Waals surface area contributed by atoms with Gasteiger partial charge in [0.15, 0.2) is 5.69 Å². The van der Waals surface area contributed by atoms with Crippen LogP contribution < -0.4 is 10.9 Å². The minimum atomic E-state index is -0.819. The molecule has 0 unspecified atom stereocenters. The first kappa shape index (κ1) is 16.7. The smallest absolute Gasteiger partial charge is 0.306 e. The number of aromatic amines is 1. The number of carboxylic acids is 1. The number of unbranched alkanes of at least 4 members (excludes halogenated alkanes) is 1. The molecule has 23 heavy (non-hydrogen) atoms. The van der Waals surface area contributed by atoms with Gasteiger partial charge in [0.2, 0.25) is 0 Å². The summed E-state index contributed by atoms with van der Waals surface area (Å²) >= 11 is 0. The van der Waals surface area contributed by atoms with Crippen molar-refractivity contribution in [1.82, 2.24) is 15.3 Å². The first-order chi connectivity index (χ1) is 11.0. The molecular weight excluding hydrogens is 298 g/mol. The monoisotopic (exact) mass is 317 g/mol. The zero-order chi connectivity index (χ0) is 16.8. The topological polar surface area (TPSA) is 112 Å². The third kappa shape index (κ3) is 4.38. The zero-order valence-corrected chi connectivity index (χ0v) is 12.8. The highest BCUT2D eigenvalue weighted by Gasteiger charge is 2.13. The number of aliphatic carboxylic acids is 1. The van der Waals surface area contributed by atoms with Gasteiger partial charge in [-0.15, -0.1) is 0 Å². The van der Waals surface area contributed by atoms with Gasteiger partial charge in [-0.25, -0.2) is 4.98 Å². The van der Waals surface area contributed by atoms with Crippen molar-refractivity contribution in [1.29, 1.82) is 0 Å². The molecule has 122 valence electrons. The summed E-state index contributed by atoms with van der Waals surface area (Å²) in [6, 6.07) is 6.99. The highest BCUT2D eigenvalue weighted by molar-refractivity contribution is 5.93. The van der Waals surface area contributed by atoms with Crippen LogP contribution in [0.2, 0.25) is 0 Å². The van der Waals surface area contributed by atoms with Crippen LogP contribution >= 0.6 is 0 Å². The largest absolute Gasteiger partial charge is 0.481 e. The maximum atomic E-state index is 12.0. The summed E-state index contributed by atoms with van der Waals surface area (Å²) in [5.74, 6) is -1.74. The Bertz CT molecular complexity index is 769. The molecule has 7 heteroatoms. The van der Waals surface area contributed by atoms with Gasteiger partial charge in [0, 0.05) is 6.54 Å². The van der Waals surface area contributed by atoms with E-state index in [1.807, 2.05) is 0 Å². The molecule has 1 amide bonds. The van der Waals surface area contributed by atoms with Crippen molar-refractivity contribution in [3.8, 4) is 0 Å². The van der Waals surface area contributed by atoms with Crippen LogP contribution in [-0.4, -0.2) is 33.5 Å². The molecule has 0 aliphatic rings. The number of aromatic nitrogens is 2. The van der Waals surface area contributed by atoms with Crippen molar-refractivity contribution in [3.05, 3.63) is 40.3 Å². The van der Waals surface area contributed by atoms with E-state index in [2.05, 4.69) is 15.3 Å². The Kier molecular flexibility index (Phi) is 5.46. The van der Waals surface area contributed by atoms with Gasteiger partial charge in [0.05, 0.1) is 17.0 Å². The standard InChI is InChI=1S/C16H19N3O4/c1-10(16(22)23)6-4-5-9-17-14(20)13-15(21)19-12-8-3-2-7-11(12)18-13/h2-3,7-8,10H,4-6,9H2,1H3,(H,17,20)(H,19,21)(H,22,23)/t10-/m0/s1. The number of amides is 1. The Morgan fingerprint density at radius 3 is 2.78 bits per heavy atom. The zero-order valence-electron chi connectivity index (χ0n) is 12.8. The predicted molar refractivity (Wildman–Crippen MR) is 85.3 cm³/mol. The molecule has 0 spiro atoms. The van der Waals surface area contributed by atoms with Gasteiger partial charge in [-0.3, -0.25) is 14.4 Å². The SMILES string of the molecule is C[C@@H](CCCCNC(=O)c1nc2ccccc2[nH]c1=O)C(=O)O. The van der Waals surface area contributed by atoms with E-state index in [1.165, 1.54) is 0 Å². The summed E-state index contributed by atoms with van der Waals surface area (Å²) in [6.07, 6.45) is 1.89. The minimum Gasteiger partial charge on any atom is -0.481 e. The molecule has 1 aromatic carbocycles. The van der Waals surface area contributed by atoms with Crippen LogP contribution in [0.1, 0.15) is 36.7 Å². The summed E-state index contributed by atoms with van der Waals surface area (Å²) in [4.78, 5) is 41.3. The van der Waals surface area contributed by atoms with Crippen LogP contribution in [-0.2, 0) is 4.79 Å². The first-order valence-electron chi connectivity index (χ1n) is 7.49. The summed E-state index contributed by atoms with van der Waals surface area (Å²) in [7, 11) is 0. The molecule has 1 heterocycles. The molecule has 0 aliphatic carbocycles. The Morgan fingerprint density at radius 1 is 1.30 bits per heavy atom. The molecule has 1 aromatic heterocycles. The molecule has 7 nitrogen and oxygen atoms in total. The van der Waals surface area contributed by atoms with E-state index in [9.17, 15) is 14.4 Å². The molecule has 0 radical (unpaired) electrons. The van der Waals surface area contributed by atoms with Gasteiger partial charge in [-0.2, -0.15) is 0 Å². The fourth-order valence-electron chi connectivity index (χ4n) is 2.17. The molecule has 0 saturated heterocycles. The fourth-order valence-corrected chi connectivity index (χ4v) is 2.17. The van der Waals surface area contributed by atoms with E-state index >= 15 is 0 Å². The van der Waals surface area contributed by atoms with Gasteiger partial charge < -0.3 is 15.4 Å². The molecule has 2 aromatic rings. The highest BCUT2D eigenvalue weighted by atomic mass is 16.4. The molecular formula is C16H19N3O4. The second-order valence-corrected chi connectivity index (χ2v) is 5.42. The number of nitrogens with zero attached hydrogens (tertiary/aromatic N) is 1. The molecule has 1 atom stereocenters.